The molecule has 0 bridgehead atoms. The number of rotatable bonds is 5. The van der Waals surface area contributed by atoms with E-state index in [0.29, 0.717) is 16.8 Å². The Morgan fingerprint density at radius 2 is 1.91 bits per heavy atom. The number of ether oxygens (including phenoxy) is 3. The number of nitrogens with zero attached hydrogens (tertiary/aromatic N) is 1. The first-order valence-corrected chi connectivity index (χ1v) is 11.8. The standard InChI is InChI=1S/C28H35NO5/c1-16-13-20-21(14-23(16)32-7)27(31)29(6)26(24(15-30)34-28(3,4)5)25(20)19-10-11-22-18(17(19)2)9-8-12-33-22/h10-11,13-14,24,30H,8-9,12,15H2,1-7H3. The summed E-state index contributed by atoms with van der Waals surface area (Å²) in [6.07, 6.45) is 1.25. The number of aliphatic hydroxyl groups is 1. The molecule has 1 aromatic heterocycles. The number of hydrogen-bond acceptors (Lipinski definition) is 5. The van der Waals surface area contributed by atoms with Gasteiger partial charge in [-0.2, -0.15) is 0 Å². The number of aromatic nitrogens is 1. The molecule has 1 atom stereocenters. The lowest BCUT2D eigenvalue weighted by Gasteiger charge is -2.31. The van der Waals surface area contributed by atoms with Crippen molar-refractivity contribution < 1.29 is 19.3 Å². The summed E-state index contributed by atoms with van der Waals surface area (Å²) >= 11 is 0. The summed E-state index contributed by atoms with van der Waals surface area (Å²) in [5.74, 6) is 1.59. The summed E-state index contributed by atoms with van der Waals surface area (Å²) in [6.45, 7) is 10.4. The Balaban J connectivity index is 2.14. The van der Waals surface area contributed by atoms with Crippen molar-refractivity contribution in [1.82, 2.24) is 4.57 Å². The Bertz CT molecular complexity index is 1300. The molecule has 182 valence electrons. The Kier molecular flexibility index (Phi) is 6.49. The molecule has 4 rings (SSSR count). The highest BCUT2D eigenvalue weighted by Crippen LogP contribution is 2.42. The van der Waals surface area contributed by atoms with Crippen molar-refractivity contribution in [2.45, 2.75) is 59.2 Å². The van der Waals surface area contributed by atoms with Gasteiger partial charge in [-0.05, 0) is 93.3 Å². The highest BCUT2D eigenvalue weighted by Gasteiger charge is 2.29. The van der Waals surface area contributed by atoms with Crippen molar-refractivity contribution in [2.24, 2.45) is 7.05 Å². The molecule has 0 saturated carbocycles. The topological polar surface area (TPSA) is 69.9 Å². The van der Waals surface area contributed by atoms with Gasteiger partial charge in [0.25, 0.3) is 5.56 Å². The van der Waals surface area contributed by atoms with Crippen molar-refractivity contribution in [3.05, 3.63) is 57.0 Å². The van der Waals surface area contributed by atoms with Gasteiger partial charge >= 0.3 is 0 Å². The third-order valence-corrected chi connectivity index (χ3v) is 6.58. The van der Waals surface area contributed by atoms with E-state index in [2.05, 4.69) is 13.0 Å². The van der Waals surface area contributed by atoms with Gasteiger partial charge in [-0.3, -0.25) is 4.79 Å². The number of hydrogen-bond donors (Lipinski definition) is 1. The molecular formula is C28H35NO5. The van der Waals surface area contributed by atoms with Crippen molar-refractivity contribution in [3.8, 4) is 22.6 Å². The minimum atomic E-state index is -0.675. The molecule has 1 unspecified atom stereocenters. The van der Waals surface area contributed by atoms with E-state index in [1.165, 1.54) is 5.56 Å². The Labute approximate surface area is 201 Å². The van der Waals surface area contributed by atoms with Crippen molar-refractivity contribution in [1.29, 1.82) is 0 Å². The van der Waals surface area contributed by atoms with E-state index < -0.39 is 11.7 Å². The van der Waals surface area contributed by atoms with Gasteiger partial charge in [0, 0.05) is 12.6 Å². The van der Waals surface area contributed by atoms with Crippen LogP contribution < -0.4 is 15.0 Å². The molecule has 3 aromatic rings. The van der Waals surface area contributed by atoms with Crippen LogP contribution in [0.1, 0.15) is 55.7 Å². The van der Waals surface area contributed by atoms with E-state index in [-0.39, 0.29) is 12.2 Å². The number of aliphatic hydroxyl groups excluding tert-OH is 1. The summed E-state index contributed by atoms with van der Waals surface area (Å²) in [4.78, 5) is 13.6. The third kappa shape index (κ3) is 4.21. The van der Waals surface area contributed by atoms with E-state index in [9.17, 15) is 9.90 Å². The zero-order chi connectivity index (χ0) is 24.8. The minimum absolute atomic E-state index is 0.151. The predicted octanol–water partition coefficient (Wildman–Crippen LogP) is 5.00. The number of aryl methyl sites for hydroxylation is 1. The quantitative estimate of drug-likeness (QED) is 0.574. The van der Waals surface area contributed by atoms with Crippen LogP contribution in [0.2, 0.25) is 0 Å². The maximum atomic E-state index is 13.6. The summed E-state index contributed by atoms with van der Waals surface area (Å²) in [5, 5.41) is 11.8. The van der Waals surface area contributed by atoms with Crippen molar-refractivity contribution in [3.63, 3.8) is 0 Å². The summed E-state index contributed by atoms with van der Waals surface area (Å²) in [5.41, 5.74) is 5.17. The van der Waals surface area contributed by atoms with Crippen LogP contribution >= 0.6 is 0 Å². The Hall–Kier alpha value is -2.83. The molecule has 1 aliphatic heterocycles. The van der Waals surface area contributed by atoms with Crippen LogP contribution in [0.25, 0.3) is 21.9 Å². The highest BCUT2D eigenvalue weighted by atomic mass is 16.5. The van der Waals surface area contributed by atoms with E-state index >= 15 is 0 Å². The monoisotopic (exact) mass is 465 g/mol. The molecule has 2 heterocycles. The van der Waals surface area contributed by atoms with Crippen LogP contribution in [0.15, 0.2) is 29.1 Å². The summed E-state index contributed by atoms with van der Waals surface area (Å²) < 4.78 is 19.3. The molecule has 1 aliphatic rings. The van der Waals surface area contributed by atoms with Gasteiger partial charge in [0.15, 0.2) is 0 Å². The molecule has 0 aliphatic carbocycles. The molecule has 1 N–H and O–H groups in total. The van der Waals surface area contributed by atoms with Gasteiger partial charge < -0.3 is 23.9 Å². The molecule has 0 amide bonds. The molecular weight excluding hydrogens is 430 g/mol. The van der Waals surface area contributed by atoms with Crippen LogP contribution in [0.5, 0.6) is 11.5 Å². The van der Waals surface area contributed by atoms with E-state index in [1.807, 2.05) is 45.9 Å². The average Bonchev–Trinajstić information content (AvgIpc) is 2.80. The minimum Gasteiger partial charge on any atom is -0.496 e. The average molecular weight is 466 g/mol. The van der Waals surface area contributed by atoms with Crippen LogP contribution in [0.3, 0.4) is 0 Å². The molecule has 0 spiro atoms. The van der Waals surface area contributed by atoms with Gasteiger partial charge in [-0.15, -0.1) is 0 Å². The van der Waals surface area contributed by atoms with Gasteiger partial charge in [0.1, 0.15) is 17.6 Å². The number of pyridine rings is 1. The van der Waals surface area contributed by atoms with Crippen molar-refractivity contribution in [2.75, 3.05) is 20.3 Å². The predicted molar refractivity (Wildman–Crippen MR) is 135 cm³/mol. The van der Waals surface area contributed by atoms with Crippen LogP contribution in [0.4, 0.5) is 0 Å². The molecule has 0 fully saturated rings. The zero-order valence-corrected chi connectivity index (χ0v) is 21.2. The molecule has 6 nitrogen and oxygen atoms in total. The molecule has 34 heavy (non-hydrogen) atoms. The van der Waals surface area contributed by atoms with Crippen LogP contribution in [-0.2, 0) is 18.2 Å². The fourth-order valence-electron chi connectivity index (χ4n) is 5.03. The third-order valence-electron chi connectivity index (χ3n) is 6.58. The number of fused-ring (bicyclic) bond motifs is 2. The Morgan fingerprint density at radius 1 is 1.18 bits per heavy atom. The van der Waals surface area contributed by atoms with Gasteiger partial charge in [-0.25, -0.2) is 0 Å². The first kappa shape index (κ1) is 24.3. The molecule has 0 saturated heterocycles. The molecule has 0 radical (unpaired) electrons. The van der Waals surface area contributed by atoms with Gasteiger partial charge in [-0.1, -0.05) is 6.07 Å². The van der Waals surface area contributed by atoms with E-state index in [1.54, 1.807) is 18.7 Å². The van der Waals surface area contributed by atoms with Crippen LogP contribution in [0, 0.1) is 13.8 Å². The molecule has 2 aromatic carbocycles. The lowest BCUT2D eigenvalue weighted by atomic mass is 9.87. The zero-order valence-electron chi connectivity index (χ0n) is 21.2. The van der Waals surface area contributed by atoms with Gasteiger partial charge in [0.05, 0.1) is 37.0 Å². The normalized spacial score (nSPS) is 14.6. The summed E-state index contributed by atoms with van der Waals surface area (Å²) in [6, 6.07) is 7.91. The number of benzene rings is 2. The first-order chi connectivity index (χ1) is 16.1. The second-order valence-corrected chi connectivity index (χ2v) is 10.1. The number of methoxy groups -OCH3 is 1. The smallest absolute Gasteiger partial charge is 0.258 e. The SMILES string of the molecule is COc1cc2c(=O)n(C)c(C(CO)OC(C)(C)C)c(-c3ccc4c(c3C)CCCO4)c2cc1C. The summed E-state index contributed by atoms with van der Waals surface area (Å²) in [7, 11) is 3.36. The van der Waals surface area contributed by atoms with E-state index in [0.717, 1.165) is 52.8 Å². The maximum absolute atomic E-state index is 13.6. The fourth-order valence-corrected chi connectivity index (χ4v) is 5.03. The van der Waals surface area contributed by atoms with Crippen LogP contribution in [-0.4, -0.2) is 35.6 Å². The highest BCUT2D eigenvalue weighted by molar-refractivity contribution is 5.99. The van der Waals surface area contributed by atoms with Crippen molar-refractivity contribution >= 4 is 10.8 Å². The fraction of sp³-hybridized carbons (Fsp3) is 0.464. The van der Waals surface area contributed by atoms with Gasteiger partial charge in [0.2, 0.25) is 0 Å². The second kappa shape index (κ2) is 9.08. The lowest BCUT2D eigenvalue weighted by Crippen LogP contribution is -2.31. The Morgan fingerprint density at radius 3 is 2.56 bits per heavy atom. The first-order valence-electron chi connectivity index (χ1n) is 11.8. The van der Waals surface area contributed by atoms with E-state index in [4.69, 9.17) is 14.2 Å². The lowest BCUT2D eigenvalue weighted by molar-refractivity contribution is -0.0850. The largest absolute Gasteiger partial charge is 0.496 e. The second-order valence-electron chi connectivity index (χ2n) is 10.1. The maximum Gasteiger partial charge on any atom is 0.258 e. The molecule has 6 heteroatoms.